The largest absolute Gasteiger partial charge is 0.497 e. The number of benzene rings is 2. The van der Waals surface area contributed by atoms with E-state index in [0.29, 0.717) is 30.2 Å². The lowest BCUT2D eigenvalue weighted by Crippen LogP contribution is -2.38. The van der Waals surface area contributed by atoms with E-state index >= 15 is 0 Å². The van der Waals surface area contributed by atoms with Crippen LogP contribution in [0.25, 0.3) is 0 Å². The van der Waals surface area contributed by atoms with Crippen molar-refractivity contribution in [2.75, 3.05) is 32.1 Å². The predicted molar refractivity (Wildman–Crippen MR) is 106 cm³/mol. The van der Waals surface area contributed by atoms with Crippen molar-refractivity contribution >= 4 is 21.6 Å². The molecule has 0 aliphatic carbocycles. The van der Waals surface area contributed by atoms with Crippen LogP contribution in [0.4, 0.5) is 5.69 Å². The van der Waals surface area contributed by atoms with Crippen LogP contribution in [-0.4, -0.2) is 52.6 Å². The van der Waals surface area contributed by atoms with E-state index in [1.807, 2.05) is 0 Å². The molecular formula is C20H24N2O5S. The smallest absolute Gasteiger partial charge is 0.261 e. The Morgan fingerprint density at radius 3 is 2.39 bits per heavy atom. The monoisotopic (exact) mass is 404 g/mol. The molecule has 1 heterocycles. The van der Waals surface area contributed by atoms with Gasteiger partial charge in [0, 0.05) is 24.9 Å². The van der Waals surface area contributed by atoms with Crippen molar-refractivity contribution in [1.82, 2.24) is 4.90 Å². The van der Waals surface area contributed by atoms with E-state index in [4.69, 9.17) is 9.47 Å². The van der Waals surface area contributed by atoms with E-state index in [-0.39, 0.29) is 16.8 Å². The molecule has 7 nitrogen and oxygen atoms in total. The Morgan fingerprint density at radius 2 is 1.79 bits per heavy atom. The van der Waals surface area contributed by atoms with Gasteiger partial charge in [-0.2, -0.15) is 0 Å². The lowest BCUT2D eigenvalue weighted by atomic mass is 10.2. The van der Waals surface area contributed by atoms with Crippen LogP contribution in [0.15, 0.2) is 53.4 Å². The minimum atomic E-state index is -3.75. The van der Waals surface area contributed by atoms with Crippen molar-refractivity contribution in [2.24, 2.45) is 0 Å². The SMILES string of the molecule is COC[C@H]1CCCN1C(=O)c1ccc(S(=O)(=O)Nc2ccc(OC)cc2)cc1. The maximum absolute atomic E-state index is 12.7. The summed E-state index contributed by atoms with van der Waals surface area (Å²) in [7, 11) is -0.585. The number of nitrogens with zero attached hydrogens (tertiary/aromatic N) is 1. The fourth-order valence-electron chi connectivity index (χ4n) is 3.28. The second-order valence-electron chi connectivity index (χ2n) is 6.61. The minimum Gasteiger partial charge on any atom is -0.497 e. The van der Waals surface area contributed by atoms with Gasteiger partial charge in [0.25, 0.3) is 15.9 Å². The Labute approximate surface area is 165 Å². The van der Waals surface area contributed by atoms with Crippen LogP contribution in [0, 0.1) is 0 Å². The number of hydrogen-bond donors (Lipinski definition) is 1. The third-order valence-corrected chi connectivity index (χ3v) is 6.15. The number of amides is 1. The molecule has 0 aromatic heterocycles. The van der Waals surface area contributed by atoms with Crippen molar-refractivity contribution in [2.45, 2.75) is 23.8 Å². The predicted octanol–water partition coefficient (Wildman–Crippen LogP) is 2.75. The number of likely N-dealkylation sites (tertiary alicyclic amines) is 1. The molecule has 0 radical (unpaired) electrons. The van der Waals surface area contributed by atoms with Crippen molar-refractivity contribution in [1.29, 1.82) is 0 Å². The van der Waals surface area contributed by atoms with Gasteiger partial charge in [-0.25, -0.2) is 8.42 Å². The van der Waals surface area contributed by atoms with Gasteiger partial charge in [0.05, 0.1) is 24.7 Å². The van der Waals surface area contributed by atoms with E-state index in [1.54, 1.807) is 55.5 Å². The fraction of sp³-hybridized carbons (Fsp3) is 0.350. The summed E-state index contributed by atoms with van der Waals surface area (Å²) >= 11 is 0. The third-order valence-electron chi connectivity index (χ3n) is 4.75. The van der Waals surface area contributed by atoms with Gasteiger partial charge in [0.1, 0.15) is 5.75 Å². The zero-order chi connectivity index (χ0) is 20.1. The third kappa shape index (κ3) is 4.45. The average molecular weight is 404 g/mol. The molecule has 1 amide bonds. The number of ether oxygens (including phenoxy) is 2. The van der Waals surface area contributed by atoms with E-state index < -0.39 is 10.0 Å². The van der Waals surface area contributed by atoms with Crippen LogP contribution < -0.4 is 9.46 Å². The highest BCUT2D eigenvalue weighted by Gasteiger charge is 2.29. The summed E-state index contributed by atoms with van der Waals surface area (Å²) in [5, 5.41) is 0. The topological polar surface area (TPSA) is 84.9 Å². The summed E-state index contributed by atoms with van der Waals surface area (Å²) < 4.78 is 37.9. The Kier molecular flexibility index (Phi) is 6.21. The van der Waals surface area contributed by atoms with Gasteiger partial charge in [-0.05, 0) is 61.4 Å². The Balaban J connectivity index is 1.72. The summed E-state index contributed by atoms with van der Waals surface area (Å²) in [5.41, 5.74) is 0.895. The van der Waals surface area contributed by atoms with Crippen molar-refractivity contribution in [3.05, 3.63) is 54.1 Å². The van der Waals surface area contributed by atoms with Crippen LogP contribution in [0.2, 0.25) is 0 Å². The molecule has 1 aliphatic heterocycles. The molecule has 8 heteroatoms. The number of sulfonamides is 1. The van der Waals surface area contributed by atoms with Crippen molar-refractivity contribution in [3.8, 4) is 5.75 Å². The van der Waals surface area contributed by atoms with Gasteiger partial charge in [0.2, 0.25) is 0 Å². The first-order valence-corrected chi connectivity index (χ1v) is 10.5. The molecule has 1 fully saturated rings. The van der Waals surface area contributed by atoms with Crippen LogP contribution >= 0.6 is 0 Å². The highest BCUT2D eigenvalue weighted by molar-refractivity contribution is 7.92. The highest BCUT2D eigenvalue weighted by atomic mass is 32.2. The molecule has 0 bridgehead atoms. The number of anilines is 1. The van der Waals surface area contributed by atoms with Crippen LogP contribution in [0.3, 0.4) is 0 Å². The van der Waals surface area contributed by atoms with E-state index in [2.05, 4.69) is 4.72 Å². The van der Waals surface area contributed by atoms with E-state index in [9.17, 15) is 13.2 Å². The molecule has 0 unspecified atom stereocenters. The standard InChI is InChI=1S/C20H24N2O5S/c1-26-14-17-4-3-13-22(17)20(23)15-5-11-19(12-6-15)28(24,25)21-16-7-9-18(27-2)10-8-16/h5-12,17,21H,3-4,13-14H2,1-2H3/t17-/m1/s1. The highest BCUT2D eigenvalue weighted by Crippen LogP contribution is 2.22. The Hall–Kier alpha value is -2.58. The zero-order valence-electron chi connectivity index (χ0n) is 15.9. The number of methoxy groups -OCH3 is 2. The second-order valence-corrected chi connectivity index (χ2v) is 8.29. The van der Waals surface area contributed by atoms with Crippen molar-refractivity contribution < 1.29 is 22.7 Å². The quantitative estimate of drug-likeness (QED) is 0.767. The number of nitrogens with one attached hydrogen (secondary N) is 1. The summed E-state index contributed by atoms with van der Waals surface area (Å²) in [5.74, 6) is 0.533. The molecule has 2 aromatic rings. The second kappa shape index (κ2) is 8.62. The maximum Gasteiger partial charge on any atom is 0.261 e. The van der Waals surface area contributed by atoms with E-state index in [0.717, 1.165) is 12.8 Å². The Morgan fingerprint density at radius 1 is 1.11 bits per heavy atom. The first kappa shape index (κ1) is 20.2. The van der Waals surface area contributed by atoms with Gasteiger partial charge < -0.3 is 14.4 Å². The molecule has 28 heavy (non-hydrogen) atoms. The lowest BCUT2D eigenvalue weighted by molar-refractivity contribution is 0.0630. The molecule has 0 spiro atoms. The fourth-order valence-corrected chi connectivity index (χ4v) is 4.34. The molecule has 1 N–H and O–H groups in total. The van der Waals surface area contributed by atoms with E-state index in [1.165, 1.54) is 12.1 Å². The number of carbonyl (C=O) groups excluding carboxylic acids is 1. The molecule has 2 aromatic carbocycles. The molecule has 1 atom stereocenters. The number of hydrogen-bond acceptors (Lipinski definition) is 5. The molecule has 0 saturated carbocycles. The molecule has 1 aliphatic rings. The summed E-state index contributed by atoms with van der Waals surface area (Å²) in [4.78, 5) is 14.6. The maximum atomic E-state index is 12.7. The van der Waals surface area contributed by atoms with Crippen LogP contribution in [0.5, 0.6) is 5.75 Å². The first-order chi connectivity index (χ1) is 13.4. The zero-order valence-corrected chi connectivity index (χ0v) is 16.7. The lowest BCUT2D eigenvalue weighted by Gasteiger charge is -2.24. The molecule has 150 valence electrons. The van der Waals surface area contributed by atoms with Gasteiger partial charge in [-0.1, -0.05) is 0 Å². The van der Waals surface area contributed by atoms with Gasteiger partial charge in [0.15, 0.2) is 0 Å². The minimum absolute atomic E-state index is 0.0673. The average Bonchev–Trinajstić information content (AvgIpc) is 3.16. The van der Waals surface area contributed by atoms with Gasteiger partial charge in [-0.3, -0.25) is 9.52 Å². The Bertz CT molecular complexity index is 911. The molecule has 3 rings (SSSR count). The normalized spacial score (nSPS) is 16.8. The summed E-state index contributed by atoms with van der Waals surface area (Å²) in [6.45, 7) is 1.19. The summed E-state index contributed by atoms with van der Waals surface area (Å²) in [6.07, 6.45) is 1.86. The van der Waals surface area contributed by atoms with Gasteiger partial charge in [-0.15, -0.1) is 0 Å². The summed E-state index contributed by atoms with van der Waals surface area (Å²) in [6, 6.07) is 12.6. The van der Waals surface area contributed by atoms with Crippen LogP contribution in [0.1, 0.15) is 23.2 Å². The molecule has 1 saturated heterocycles. The van der Waals surface area contributed by atoms with Crippen LogP contribution in [-0.2, 0) is 14.8 Å². The molecular weight excluding hydrogens is 380 g/mol. The number of carbonyl (C=O) groups is 1. The van der Waals surface area contributed by atoms with Gasteiger partial charge >= 0.3 is 0 Å². The van der Waals surface area contributed by atoms with Crippen molar-refractivity contribution in [3.63, 3.8) is 0 Å². The first-order valence-electron chi connectivity index (χ1n) is 9.01. The number of rotatable bonds is 7.